The molecule has 0 spiro atoms. The quantitative estimate of drug-likeness (QED) is 0.442. The van der Waals surface area contributed by atoms with Crippen molar-refractivity contribution in [2.45, 2.75) is 0 Å². The molecule has 3 aliphatic heterocycles. The average molecular weight is 110 g/mol. The zero-order valence-electron chi connectivity index (χ0n) is 2.12. The molecule has 3 saturated heterocycles. The molecule has 0 aromatic rings. The smallest absolute Gasteiger partial charge is 0.236 e. The van der Waals surface area contributed by atoms with Gasteiger partial charge in [-0.05, 0) is 0 Å². The third kappa shape index (κ3) is 0.219. The van der Waals surface area contributed by atoms with E-state index in [0.29, 0.717) is 0 Å². The maximum atomic E-state index is 4.71. The zero-order valence-corrected chi connectivity index (χ0v) is 3.91. The van der Waals surface area contributed by atoms with Crippen LogP contribution >= 0.6 is 17.2 Å². The number of hydrogen-bond acceptors (Lipinski definition) is 3. The molecule has 0 aliphatic carbocycles. The maximum absolute atomic E-state index is 4.71. The molecule has 0 unspecified atom stereocenters. The van der Waals surface area contributed by atoms with E-state index >= 15 is 0 Å². The maximum Gasteiger partial charge on any atom is 0.354 e. The van der Waals surface area contributed by atoms with Crippen molar-refractivity contribution in [2.24, 2.45) is 0 Å². The van der Waals surface area contributed by atoms with E-state index in [4.69, 9.17) is 12.9 Å². The molecule has 0 atom stereocenters. The zero-order chi connectivity index (χ0) is 3.28. The third-order valence-corrected chi connectivity index (χ3v) is 3.60. The molecular formula is O3P2. The van der Waals surface area contributed by atoms with Crippen molar-refractivity contribution in [3.63, 3.8) is 0 Å². The van der Waals surface area contributed by atoms with E-state index in [9.17, 15) is 0 Å². The van der Waals surface area contributed by atoms with E-state index in [1.807, 2.05) is 0 Å². The number of rotatable bonds is 0. The van der Waals surface area contributed by atoms with Gasteiger partial charge >= 0.3 is 17.2 Å². The fourth-order valence-electron chi connectivity index (χ4n) is 0.182. The van der Waals surface area contributed by atoms with E-state index in [-0.39, 0.29) is 0 Å². The van der Waals surface area contributed by atoms with Crippen molar-refractivity contribution in [1.29, 1.82) is 0 Å². The first-order chi connectivity index (χ1) is 2.45. The second kappa shape index (κ2) is 0.699. The van der Waals surface area contributed by atoms with Crippen molar-refractivity contribution in [1.82, 2.24) is 0 Å². The fraction of sp³-hybridized carbons (Fsp3) is 0. The molecule has 3 fully saturated rings. The van der Waals surface area contributed by atoms with Gasteiger partial charge in [0.05, 0.1) is 0 Å². The molecule has 5 heavy (non-hydrogen) atoms. The van der Waals surface area contributed by atoms with E-state index in [0.717, 1.165) is 0 Å². The second-order valence-corrected chi connectivity index (χ2v) is 3.55. The van der Waals surface area contributed by atoms with Gasteiger partial charge < -0.3 is 0 Å². The number of hydrogen-bond donors (Lipinski definition) is 0. The summed E-state index contributed by atoms with van der Waals surface area (Å²) >= 11 is 0. The topological polar surface area (TPSA) is 27.7 Å². The molecule has 2 bridgehead atoms. The van der Waals surface area contributed by atoms with Crippen molar-refractivity contribution < 1.29 is 12.9 Å². The summed E-state index contributed by atoms with van der Waals surface area (Å²) in [6, 6.07) is 0. The Hall–Kier alpha value is 0.740. The van der Waals surface area contributed by atoms with Gasteiger partial charge in [0.1, 0.15) is 0 Å². The molecule has 3 rings (SSSR count). The Morgan fingerprint density at radius 2 is 1.00 bits per heavy atom. The first-order valence-corrected chi connectivity index (χ1v) is 3.29. The van der Waals surface area contributed by atoms with Gasteiger partial charge in [0.15, 0.2) is 0 Å². The van der Waals surface area contributed by atoms with Gasteiger partial charge in [-0.15, -0.1) is 0 Å². The van der Waals surface area contributed by atoms with Crippen LogP contribution in [-0.4, -0.2) is 0 Å². The Balaban J connectivity index is 2.19. The Bertz CT molecular complexity index is 41.6. The summed E-state index contributed by atoms with van der Waals surface area (Å²) < 4.78 is 14.1. The highest BCUT2D eigenvalue weighted by atomic mass is 31.4. The third-order valence-electron chi connectivity index (χ3n) is 0.400. The van der Waals surface area contributed by atoms with Crippen molar-refractivity contribution in [3.05, 3.63) is 0 Å². The first-order valence-electron chi connectivity index (χ1n) is 1.10. The molecule has 0 aromatic heterocycles. The summed E-state index contributed by atoms with van der Waals surface area (Å²) in [5.41, 5.74) is 0. The SMILES string of the molecule is O1P2OP1O2. The minimum Gasteiger partial charge on any atom is -0.236 e. The molecule has 0 saturated carbocycles. The lowest BCUT2D eigenvalue weighted by molar-refractivity contribution is 0.195. The molecule has 3 heterocycles. The molecule has 3 aliphatic rings. The normalized spacial score (nSPS) is 57.6. The van der Waals surface area contributed by atoms with Crippen molar-refractivity contribution in [3.8, 4) is 0 Å². The highest BCUT2D eigenvalue weighted by Crippen LogP contribution is 2.89. The molecule has 0 aromatic carbocycles. The minimum absolute atomic E-state index is 0.745. The Labute approximate surface area is 31.2 Å². The molecule has 3 nitrogen and oxygen atoms in total. The van der Waals surface area contributed by atoms with Crippen LogP contribution in [-0.2, 0) is 12.9 Å². The predicted molar refractivity (Wildman–Crippen MR) is 17.1 cm³/mol. The Morgan fingerprint density at radius 3 is 1.00 bits per heavy atom. The van der Waals surface area contributed by atoms with Crippen molar-refractivity contribution >= 4 is 17.2 Å². The lowest BCUT2D eigenvalue weighted by atomic mass is 15.6. The van der Waals surface area contributed by atoms with Gasteiger partial charge in [-0.2, -0.15) is 0 Å². The Kier molecular flexibility index (Phi) is 0.397. The van der Waals surface area contributed by atoms with Crippen LogP contribution in [0.1, 0.15) is 0 Å². The van der Waals surface area contributed by atoms with Gasteiger partial charge in [-0.3, -0.25) is 0 Å². The average Bonchev–Trinajstić information content (AvgIpc) is 0.592. The van der Waals surface area contributed by atoms with Crippen LogP contribution in [0, 0.1) is 0 Å². The minimum atomic E-state index is -0.745. The van der Waals surface area contributed by atoms with E-state index in [2.05, 4.69) is 0 Å². The van der Waals surface area contributed by atoms with E-state index in [1.54, 1.807) is 0 Å². The van der Waals surface area contributed by atoms with Crippen LogP contribution in [0.25, 0.3) is 0 Å². The lowest BCUT2D eigenvalue weighted by Crippen LogP contribution is -2.10. The van der Waals surface area contributed by atoms with Crippen LogP contribution in [0.5, 0.6) is 0 Å². The van der Waals surface area contributed by atoms with Gasteiger partial charge in [0.2, 0.25) is 0 Å². The summed E-state index contributed by atoms with van der Waals surface area (Å²) in [5, 5.41) is 0. The molecular weight excluding hydrogens is 110 g/mol. The van der Waals surface area contributed by atoms with Crippen LogP contribution in [0.4, 0.5) is 0 Å². The molecule has 0 N–H and O–H groups in total. The fourth-order valence-corrected chi connectivity index (χ4v) is 1.63. The van der Waals surface area contributed by atoms with Gasteiger partial charge in [0, 0.05) is 0 Å². The first kappa shape index (κ1) is 2.84. The van der Waals surface area contributed by atoms with Crippen LogP contribution in [0.15, 0.2) is 0 Å². The summed E-state index contributed by atoms with van der Waals surface area (Å²) in [7, 11) is -1.49. The van der Waals surface area contributed by atoms with Crippen LogP contribution in [0.3, 0.4) is 0 Å². The predicted octanol–water partition coefficient (Wildman–Crippen LogP) is 1.52. The monoisotopic (exact) mass is 110 g/mol. The highest BCUT2D eigenvalue weighted by Gasteiger charge is 2.53. The molecule has 0 radical (unpaired) electrons. The largest absolute Gasteiger partial charge is 0.354 e. The summed E-state index contributed by atoms with van der Waals surface area (Å²) in [5.74, 6) is 0. The van der Waals surface area contributed by atoms with E-state index < -0.39 is 17.2 Å². The summed E-state index contributed by atoms with van der Waals surface area (Å²) in [6.07, 6.45) is 0. The molecule has 0 amide bonds. The summed E-state index contributed by atoms with van der Waals surface area (Å²) in [4.78, 5) is 0. The summed E-state index contributed by atoms with van der Waals surface area (Å²) in [6.45, 7) is 0. The van der Waals surface area contributed by atoms with Crippen LogP contribution in [0.2, 0.25) is 0 Å². The van der Waals surface area contributed by atoms with Gasteiger partial charge in [0.25, 0.3) is 0 Å². The lowest BCUT2D eigenvalue weighted by Gasteiger charge is -2.41. The molecule has 28 valence electrons. The molecule has 5 heteroatoms. The van der Waals surface area contributed by atoms with Gasteiger partial charge in [-0.25, -0.2) is 12.9 Å². The van der Waals surface area contributed by atoms with Crippen LogP contribution < -0.4 is 0 Å². The highest BCUT2D eigenvalue weighted by molar-refractivity contribution is 7.81. The standard InChI is InChI=1S/O3P2/c1-4-2-5(1)3-4. The van der Waals surface area contributed by atoms with Crippen molar-refractivity contribution in [2.75, 3.05) is 0 Å². The van der Waals surface area contributed by atoms with E-state index in [1.165, 1.54) is 0 Å². The van der Waals surface area contributed by atoms with Gasteiger partial charge in [-0.1, -0.05) is 0 Å². The Morgan fingerprint density at radius 1 is 0.800 bits per heavy atom. The second-order valence-electron chi connectivity index (χ2n) is 0.692.